The molecule has 0 unspecified atom stereocenters. The molecule has 62 heavy (non-hydrogen) atoms. The molecule has 3 aliphatic rings. The van der Waals surface area contributed by atoms with Gasteiger partial charge in [-0.2, -0.15) is 4.57 Å². The number of carbonyl (C=O) groups excluding carboxylic acids is 5. The van der Waals surface area contributed by atoms with Gasteiger partial charge in [-0.05, 0) is 73.7 Å². The molecule has 2 atom stereocenters. The molecule has 3 aliphatic heterocycles. The highest BCUT2D eigenvalue weighted by molar-refractivity contribution is 8.00. The lowest BCUT2D eigenvalue weighted by Gasteiger charge is -2.49. The molecule has 0 radical (unpaired) electrons. The minimum absolute atomic E-state index is 0. The normalized spacial score (nSPS) is 18.6. The standard InChI is InChI=1S/C46H57N5O8SSi.BrH/c1-45(2,3)59-44(56)48-37-41(54)51-38(43(55)58-39(32-15-11-9-12-16-32)33-17-13-10-14-18-33)35(30-60-42(37)51)27-34-21-25-50(40(34)53)28-31-19-23-49(24-20-31)29-36(52)47-22-26-57-61(7,8)46(4,5)6;/h9-20,23-24,27,37,39,42H,21-22,25-26,28-30H2,1-8H3,(H-,47,48,52,56);1H/b34-27+;/t37-,42-;/m1./s1. The molecule has 16 heteroatoms. The number of nitrogens with zero attached hydrogens (tertiary/aromatic N) is 3. The number of carbonyl (C=O) groups is 5. The third-order valence-electron chi connectivity index (χ3n) is 11.2. The Hall–Kier alpha value is -4.77. The number of thioether (sulfide) groups is 1. The summed E-state index contributed by atoms with van der Waals surface area (Å²) in [4.78, 5) is 70.6. The van der Waals surface area contributed by atoms with E-state index in [2.05, 4.69) is 44.5 Å². The highest BCUT2D eigenvalue weighted by Gasteiger charge is 2.55. The number of alkyl carbamates (subject to hydrolysis) is 1. The third kappa shape index (κ3) is 11.8. The minimum atomic E-state index is -1.89. The number of β-lactam (4-membered cyclic amide) rings is 1. The Balaban J connectivity index is 0.00000726. The van der Waals surface area contributed by atoms with Gasteiger partial charge in [-0.15, -0.1) is 11.8 Å². The molecular formula is C46H58BrN5O8SSi. The van der Waals surface area contributed by atoms with E-state index in [1.54, 1.807) is 36.3 Å². The Labute approximate surface area is 380 Å². The molecule has 4 amide bonds. The average Bonchev–Trinajstić information content (AvgIpc) is 3.54. The van der Waals surface area contributed by atoms with Crippen LogP contribution in [0.15, 0.2) is 108 Å². The van der Waals surface area contributed by atoms with E-state index in [0.717, 1.165) is 16.7 Å². The number of halogens is 1. The molecule has 3 aromatic rings. The topological polar surface area (TPSA) is 147 Å². The number of esters is 1. The summed E-state index contributed by atoms with van der Waals surface area (Å²) < 4.78 is 19.6. The second-order valence-corrected chi connectivity index (χ2v) is 23.9. The van der Waals surface area contributed by atoms with Gasteiger partial charge in [-0.1, -0.05) is 81.4 Å². The van der Waals surface area contributed by atoms with E-state index >= 15 is 0 Å². The van der Waals surface area contributed by atoms with Gasteiger partial charge in [0.15, 0.2) is 26.8 Å². The number of pyridine rings is 1. The fraction of sp³-hybridized carbons (Fsp3) is 0.435. The minimum Gasteiger partial charge on any atom is -1.00 e. The summed E-state index contributed by atoms with van der Waals surface area (Å²) in [6.45, 7) is 18.0. The van der Waals surface area contributed by atoms with Crippen molar-refractivity contribution in [3.05, 3.63) is 125 Å². The van der Waals surface area contributed by atoms with E-state index < -0.39 is 49.4 Å². The third-order valence-corrected chi connectivity index (χ3v) is 17.0. The molecule has 6 rings (SSSR count). The summed E-state index contributed by atoms with van der Waals surface area (Å²) in [5.41, 5.74) is 2.69. The first-order valence-electron chi connectivity index (χ1n) is 20.7. The number of aromatic nitrogens is 1. The lowest BCUT2D eigenvalue weighted by atomic mass is 10.00. The van der Waals surface area contributed by atoms with Gasteiger partial charge in [-0.3, -0.25) is 19.3 Å². The van der Waals surface area contributed by atoms with E-state index in [9.17, 15) is 24.0 Å². The maximum atomic E-state index is 14.5. The van der Waals surface area contributed by atoms with Crippen LogP contribution in [0.4, 0.5) is 4.79 Å². The Morgan fingerprint density at radius 2 is 1.55 bits per heavy atom. The molecule has 2 fully saturated rings. The van der Waals surface area contributed by atoms with E-state index in [1.165, 1.54) is 16.7 Å². The van der Waals surface area contributed by atoms with Crippen LogP contribution < -0.4 is 32.2 Å². The molecule has 2 aromatic carbocycles. The molecule has 332 valence electrons. The van der Waals surface area contributed by atoms with Crippen LogP contribution in [-0.4, -0.2) is 90.4 Å². The van der Waals surface area contributed by atoms with Crippen molar-refractivity contribution in [2.24, 2.45) is 0 Å². The second kappa shape index (κ2) is 20.2. The smallest absolute Gasteiger partial charge is 0.408 e. The van der Waals surface area contributed by atoms with Crippen LogP contribution in [0, 0.1) is 0 Å². The van der Waals surface area contributed by atoms with Crippen molar-refractivity contribution < 1.29 is 59.4 Å². The van der Waals surface area contributed by atoms with Gasteiger partial charge in [0.2, 0.25) is 12.5 Å². The highest BCUT2D eigenvalue weighted by atomic mass is 79.9. The predicted octanol–water partition coefficient (Wildman–Crippen LogP) is 3.17. The summed E-state index contributed by atoms with van der Waals surface area (Å²) >= 11 is 1.39. The van der Waals surface area contributed by atoms with E-state index in [-0.39, 0.29) is 46.1 Å². The fourth-order valence-corrected chi connectivity index (χ4v) is 9.29. The van der Waals surface area contributed by atoms with Crippen molar-refractivity contribution in [3.8, 4) is 0 Å². The van der Waals surface area contributed by atoms with Gasteiger partial charge >= 0.3 is 12.1 Å². The maximum Gasteiger partial charge on any atom is 0.408 e. The molecule has 13 nitrogen and oxygen atoms in total. The monoisotopic (exact) mass is 947 g/mol. The van der Waals surface area contributed by atoms with Gasteiger partial charge < -0.3 is 46.4 Å². The zero-order valence-electron chi connectivity index (χ0n) is 36.7. The van der Waals surface area contributed by atoms with Crippen LogP contribution in [0.1, 0.15) is 70.8 Å². The Morgan fingerprint density at radius 1 is 0.935 bits per heavy atom. The Kier molecular flexibility index (Phi) is 15.7. The van der Waals surface area contributed by atoms with Crippen LogP contribution >= 0.6 is 11.8 Å². The van der Waals surface area contributed by atoms with Gasteiger partial charge in [0.1, 0.15) is 22.7 Å². The average molecular weight is 949 g/mol. The Bertz CT molecular complexity index is 2130. The molecular weight excluding hydrogens is 891 g/mol. The van der Waals surface area contributed by atoms with E-state index in [0.29, 0.717) is 49.6 Å². The maximum absolute atomic E-state index is 14.5. The number of benzene rings is 2. The molecule has 1 aromatic heterocycles. The van der Waals surface area contributed by atoms with Crippen molar-refractivity contribution >= 4 is 49.9 Å². The number of hydrogen-bond donors (Lipinski definition) is 2. The van der Waals surface area contributed by atoms with Crippen molar-refractivity contribution in [2.45, 2.75) is 102 Å². The number of hydrogen-bond acceptors (Lipinski definition) is 9. The number of rotatable bonds is 14. The lowest BCUT2D eigenvalue weighted by molar-refractivity contribution is -0.684. The van der Waals surface area contributed by atoms with Crippen LogP contribution in [-0.2, 0) is 46.2 Å². The summed E-state index contributed by atoms with van der Waals surface area (Å²) in [5.74, 6) is -1.19. The second-order valence-electron chi connectivity index (χ2n) is 18.0. The van der Waals surface area contributed by atoms with Gasteiger partial charge in [0.25, 0.3) is 11.8 Å². The molecule has 0 spiro atoms. The molecule has 2 saturated heterocycles. The fourth-order valence-electron chi connectivity index (χ4n) is 6.94. The molecule has 2 N–H and O–H groups in total. The van der Waals surface area contributed by atoms with E-state index in [1.807, 2.05) is 85.2 Å². The Morgan fingerprint density at radius 3 is 2.13 bits per heavy atom. The van der Waals surface area contributed by atoms with Crippen molar-refractivity contribution in [1.82, 2.24) is 20.4 Å². The van der Waals surface area contributed by atoms with Gasteiger partial charge in [-0.25, -0.2) is 9.59 Å². The molecule has 4 heterocycles. The zero-order chi connectivity index (χ0) is 44.1. The zero-order valence-corrected chi connectivity index (χ0v) is 40.1. The van der Waals surface area contributed by atoms with Crippen LogP contribution in [0.5, 0.6) is 0 Å². The van der Waals surface area contributed by atoms with Crippen LogP contribution in [0.3, 0.4) is 0 Å². The first-order chi connectivity index (χ1) is 28.8. The largest absolute Gasteiger partial charge is 1.00 e. The highest BCUT2D eigenvalue weighted by Crippen LogP contribution is 2.43. The number of fused-ring (bicyclic) bond motifs is 1. The van der Waals surface area contributed by atoms with Crippen molar-refractivity contribution in [2.75, 3.05) is 25.4 Å². The van der Waals surface area contributed by atoms with Crippen LogP contribution in [0.2, 0.25) is 18.1 Å². The van der Waals surface area contributed by atoms with Crippen molar-refractivity contribution in [3.63, 3.8) is 0 Å². The molecule has 0 aliphatic carbocycles. The quantitative estimate of drug-likeness (QED) is 0.0622. The summed E-state index contributed by atoms with van der Waals surface area (Å²) in [5, 5.41) is 5.13. The summed E-state index contributed by atoms with van der Waals surface area (Å²) in [6, 6.07) is 21.6. The molecule has 0 saturated carbocycles. The lowest BCUT2D eigenvalue weighted by Crippen LogP contribution is -3.00. The number of ether oxygens (including phenoxy) is 2. The molecule has 0 bridgehead atoms. The number of nitrogens with one attached hydrogen (secondary N) is 2. The first kappa shape index (κ1) is 48.3. The van der Waals surface area contributed by atoms with Gasteiger partial charge in [0, 0.05) is 43.1 Å². The van der Waals surface area contributed by atoms with Crippen LogP contribution in [0.25, 0.3) is 0 Å². The number of allylic oxidation sites excluding steroid dienone is 1. The number of amides is 4. The van der Waals surface area contributed by atoms with Gasteiger partial charge in [0.05, 0.1) is 6.61 Å². The SMILES string of the molecule is CC(C)(C)OC(=O)N[C@@H]1C(=O)N2C(C(=O)OC(c3ccccc3)c3ccccc3)=C(/C=C3\CCN(Cc4cc[n+](CC(=O)NCCO[Si](C)(C)C(C)(C)C)cc4)C3=O)CS[C@H]12.[Br-]. The predicted molar refractivity (Wildman–Crippen MR) is 235 cm³/mol. The number of likely N-dealkylation sites (tertiary alicyclic amines) is 1. The van der Waals surface area contributed by atoms with E-state index in [4.69, 9.17) is 13.9 Å². The summed E-state index contributed by atoms with van der Waals surface area (Å²) in [7, 11) is -1.89. The van der Waals surface area contributed by atoms with Crippen molar-refractivity contribution in [1.29, 1.82) is 0 Å². The summed E-state index contributed by atoms with van der Waals surface area (Å²) in [6.07, 6.45) is 4.31. The first-order valence-corrected chi connectivity index (χ1v) is 24.6.